The first-order valence-corrected chi connectivity index (χ1v) is 9.49. The topological polar surface area (TPSA) is 76.8 Å². The molecule has 0 aliphatic carbocycles. The van der Waals surface area contributed by atoms with Gasteiger partial charge in [-0.25, -0.2) is 9.67 Å². The molecule has 25 heavy (non-hydrogen) atoms. The van der Waals surface area contributed by atoms with Gasteiger partial charge in [-0.1, -0.05) is 29.5 Å². The van der Waals surface area contributed by atoms with Crippen LogP contribution in [0.25, 0.3) is 0 Å². The molecule has 7 nitrogen and oxygen atoms in total. The highest BCUT2D eigenvalue weighted by Gasteiger charge is 2.20. The zero-order chi connectivity index (χ0) is 18.0. The number of hydrogen-bond acceptors (Lipinski definition) is 7. The minimum absolute atomic E-state index is 0.0574. The zero-order valence-corrected chi connectivity index (χ0v) is 16.1. The predicted molar refractivity (Wildman–Crippen MR) is 99.2 cm³/mol. The van der Waals surface area contributed by atoms with Crippen molar-refractivity contribution >= 4 is 39.8 Å². The third kappa shape index (κ3) is 3.88. The average Bonchev–Trinajstić information content (AvgIpc) is 3.16. The highest BCUT2D eigenvalue weighted by molar-refractivity contribution is 7.98. The van der Waals surface area contributed by atoms with Crippen molar-refractivity contribution in [1.82, 2.24) is 25.2 Å². The van der Waals surface area contributed by atoms with E-state index in [9.17, 15) is 4.79 Å². The van der Waals surface area contributed by atoms with Gasteiger partial charge in [-0.15, -0.1) is 16.4 Å². The standard InChI is InChI=1S/C16H18N6OS2/c1-10-5-6-14(11(2)7-10)22(12(3)23)15-17-13(8-24-15)9-25-16-18-19-20-21(16)4/h5-8H,9H2,1-4H3. The van der Waals surface area contributed by atoms with E-state index in [0.29, 0.717) is 10.9 Å². The summed E-state index contributed by atoms with van der Waals surface area (Å²) in [6.07, 6.45) is 0. The fourth-order valence-corrected chi connectivity index (χ4v) is 4.14. The molecule has 2 aromatic heterocycles. The normalized spacial score (nSPS) is 10.9. The molecule has 0 bridgehead atoms. The molecule has 130 valence electrons. The molecule has 0 aliphatic heterocycles. The summed E-state index contributed by atoms with van der Waals surface area (Å²) in [6.45, 7) is 5.60. The van der Waals surface area contributed by atoms with Gasteiger partial charge in [0.1, 0.15) is 0 Å². The van der Waals surface area contributed by atoms with E-state index >= 15 is 0 Å². The first-order valence-electron chi connectivity index (χ1n) is 7.63. The smallest absolute Gasteiger partial charge is 0.230 e. The lowest BCUT2D eigenvalue weighted by molar-refractivity contribution is -0.115. The molecule has 0 saturated carbocycles. The molecule has 0 radical (unpaired) electrons. The molecule has 9 heteroatoms. The molecule has 0 unspecified atom stereocenters. The van der Waals surface area contributed by atoms with Crippen LogP contribution in [-0.2, 0) is 17.6 Å². The van der Waals surface area contributed by atoms with E-state index in [1.807, 2.05) is 31.4 Å². The number of rotatable bonds is 5. The summed E-state index contributed by atoms with van der Waals surface area (Å²) in [5.41, 5.74) is 3.97. The summed E-state index contributed by atoms with van der Waals surface area (Å²) in [6, 6.07) is 6.04. The van der Waals surface area contributed by atoms with Crippen LogP contribution in [0.2, 0.25) is 0 Å². The number of hydrogen-bond donors (Lipinski definition) is 0. The molecular formula is C16H18N6OS2. The van der Waals surface area contributed by atoms with Crippen molar-refractivity contribution < 1.29 is 4.79 Å². The lowest BCUT2D eigenvalue weighted by Gasteiger charge is -2.20. The second-order valence-corrected chi connectivity index (χ2v) is 7.42. The van der Waals surface area contributed by atoms with Crippen molar-refractivity contribution in [2.45, 2.75) is 31.7 Å². The third-order valence-corrected chi connectivity index (χ3v) is 5.49. The molecule has 0 spiro atoms. The molecule has 0 saturated heterocycles. The summed E-state index contributed by atoms with van der Waals surface area (Å²) < 4.78 is 1.62. The molecule has 0 aliphatic rings. The van der Waals surface area contributed by atoms with E-state index in [2.05, 4.69) is 26.6 Å². The Morgan fingerprint density at radius 1 is 1.36 bits per heavy atom. The number of thiazole rings is 1. The highest BCUT2D eigenvalue weighted by atomic mass is 32.2. The SMILES string of the molecule is CC(=O)N(c1nc(CSc2nnnn2C)cs1)c1ccc(C)cc1C. The van der Waals surface area contributed by atoms with Gasteiger partial charge in [-0.05, 0) is 35.9 Å². The van der Waals surface area contributed by atoms with Gasteiger partial charge in [0.05, 0.1) is 11.4 Å². The second kappa shape index (κ2) is 7.32. The minimum atomic E-state index is -0.0574. The Morgan fingerprint density at radius 2 is 2.16 bits per heavy atom. The Labute approximate surface area is 154 Å². The number of aromatic nitrogens is 5. The van der Waals surface area contributed by atoms with E-state index in [1.54, 1.807) is 23.6 Å². The van der Waals surface area contributed by atoms with Crippen LogP contribution in [0.15, 0.2) is 28.7 Å². The summed E-state index contributed by atoms with van der Waals surface area (Å²) in [4.78, 5) is 18.5. The maximum atomic E-state index is 12.2. The van der Waals surface area contributed by atoms with Crippen LogP contribution in [0.5, 0.6) is 0 Å². The van der Waals surface area contributed by atoms with E-state index < -0.39 is 0 Å². The molecule has 3 aromatic rings. The average molecular weight is 374 g/mol. The van der Waals surface area contributed by atoms with E-state index in [1.165, 1.54) is 28.7 Å². The van der Waals surface area contributed by atoms with E-state index in [4.69, 9.17) is 0 Å². The lowest BCUT2D eigenvalue weighted by Crippen LogP contribution is -2.23. The fourth-order valence-electron chi connectivity index (χ4n) is 2.41. The molecule has 3 rings (SSSR count). The molecule has 1 amide bonds. The van der Waals surface area contributed by atoms with Gasteiger partial charge in [0.2, 0.25) is 11.1 Å². The molecule has 2 heterocycles. The van der Waals surface area contributed by atoms with Gasteiger partial charge in [0.15, 0.2) is 5.13 Å². The van der Waals surface area contributed by atoms with Crippen molar-refractivity contribution in [3.05, 3.63) is 40.4 Å². The quantitative estimate of drug-likeness (QED) is 0.638. The van der Waals surface area contributed by atoms with Crippen LogP contribution in [0, 0.1) is 13.8 Å². The summed E-state index contributed by atoms with van der Waals surface area (Å²) in [5.74, 6) is 0.585. The van der Waals surface area contributed by atoms with Gasteiger partial charge in [-0.3, -0.25) is 9.69 Å². The number of aryl methyl sites for hydroxylation is 3. The summed E-state index contributed by atoms with van der Waals surface area (Å²) >= 11 is 2.97. The van der Waals surface area contributed by atoms with Crippen LogP contribution in [0.3, 0.4) is 0 Å². The maximum absolute atomic E-state index is 12.2. The molecule has 0 atom stereocenters. The fraction of sp³-hybridized carbons (Fsp3) is 0.312. The van der Waals surface area contributed by atoms with Gasteiger partial charge >= 0.3 is 0 Å². The van der Waals surface area contributed by atoms with Crippen LogP contribution in [0.1, 0.15) is 23.7 Å². The van der Waals surface area contributed by atoms with Crippen molar-refractivity contribution in [1.29, 1.82) is 0 Å². The number of anilines is 2. The van der Waals surface area contributed by atoms with Crippen LogP contribution in [0.4, 0.5) is 10.8 Å². The maximum Gasteiger partial charge on any atom is 0.230 e. The van der Waals surface area contributed by atoms with E-state index in [-0.39, 0.29) is 5.91 Å². The Kier molecular flexibility index (Phi) is 5.14. The van der Waals surface area contributed by atoms with Gasteiger partial charge < -0.3 is 0 Å². The molecule has 1 aromatic carbocycles. The molecular weight excluding hydrogens is 356 g/mol. The number of carbonyl (C=O) groups excluding carboxylic acids is 1. The first-order chi connectivity index (χ1) is 12.0. The number of benzene rings is 1. The van der Waals surface area contributed by atoms with Gasteiger partial charge in [0.25, 0.3) is 0 Å². The third-order valence-electron chi connectivity index (χ3n) is 3.57. The number of amides is 1. The second-order valence-electron chi connectivity index (χ2n) is 5.64. The zero-order valence-electron chi connectivity index (χ0n) is 14.4. The van der Waals surface area contributed by atoms with Gasteiger partial charge in [0, 0.05) is 25.1 Å². The molecule has 0 N–H and O–H groups in total. The van der Waals surface area contributed by atoms with Crippen LogP contribution in [-0.4, -0.2) is 31.1 Å². The summed E-state index contributed by atoms with van der Waals surface area (Å²) in [7, 11) is 1.80. The van der Waals surface area contributed by atoms with Crippen molar-refractivity contribution in [3.63, 3.8) is 0 Å². The lowest BCUT2D eigenvalue weighted by atomic mass is 10.1. The Balaban J connectivity index is 1.82. The highest BCUT2D eigenvalue weighted by Crippen LogP contribution is 2.32. The number of tetrazole rings is 1. The number of thioether (sulfide) groups is 1. The van der Waals surface area contributed by atoms with Crippen molar-refractivity contribution in [2.75, 3.05) is 4.90 Å². The number of nitrogens with zero attached hydrogens (tertiary/aromatic N) is 6. The minimum Gasteiger partial charge on any atom is -0.274 e. The largest absolute Gasteiger partial charge is 0.274 e. The Bertz CT molecular complexity index is 904. The first kappa shape index (κ1) is 17.6. The van der Waals surface area contributed by atoms with Crippen LogP contribution < -0.4 is 4.90 Å². The van der Waals surface area contributed by atoms with Crippen molar-refractivity contribution in [3.8, 4) is 0 Å². The van der Waals surface area contributed by atoms with Crippen molar-refractivity contribution in [2.24, 2.45) is 7.05 Å². The summed E-state index contributed by atoms with van der Waals surface area (Å²) in [5, 5.41) is 14.7. The Morgan fingerprint density at radius 3 is 2.80 bits per heavy atom. The molecule has 0 fully saturated rings. The van der Waals surface area contributed by atoms with E-state index in [0.717, 1.165) is 22.1 Å². The van der Waals surface area contributed by atoms with Crippen LogP contribution >= 0.6 is 23.1 Å². The monoisotopic (exact) mass is 374 g/mol. The Hall–Kier alpha value is -2.26. The predicted octanol–water partition coefficient (Wildman–Crippen LogP) is 3.26. The number of carbonyl (C=O) groups is 1. The van der Waals surface area contributed by atoms with Gasteiger partial charge in [-0.2, -0.15) is 0 Å².